The van der Waals surface area contributed by atoms with Crippen LogP contribution in [0.2, 0.25) is 2.82 Å². The predicted molar refractivity (Wildman–Crippen MR) is 28.3 cm³/mol. The van der Waals surface area contributed by atoms with Crippen LogP contribution in [0.3, 0.4) is 0 Å². The van der Waals surface area contributed by atoms with E-state index in [-0.39, 0.29) is 9.95 Å². The monoisotopic (exact) mass is 131 g/mol. The van der Waals surface area contributed by atoms with Crippen LogP contribution in [0.1, 0.15) is 0 Å². The number of hydrogen-bond acceptors (Lipinski definition) is 3. The molecule has 0 atom stereocenters. The molecule has 0 amide bonds. The Balaban J connectivity index is 3.89. The van der Waals surface area contributed by atoms with Gasteiger partial charge in [-0.1, -0.05) is 0 Å². The number of rotatable bonds is 0. The lowest BCUT2D eigenvalue weighted by Gasteiger charge is -1.77. The summed E-state index contributed by atoms with van der Waals surface area (Å²) in [5.41, 5.74) is -3.59. The van der Waals surface area contributed by atoms with Crippen molar-refractivity contribution in [3.8, 4) is 0 Å². The second-order valence-corrected chi connectivity index (χ2v) is 1.24. The molecule has 0 spiro atoms. The fourth-order valence-electron chi connectivity index (χ4n) is 0.346. The SMILES string of the molecule is [2H]n1c(=O)[nH]c(=O)n([2H])c1=O. The molecule has 0 aliphatic carbocycles. The summed E-state index contributed by atoms with van der Waals surface area (Å²) in [6.07, 6.45) is 0. The van der Waals surface area contributed by atoms with Gasteiger partial charge in [0.05, 0.1) is 0 Å². The molecular weight excluding hydrogens is 126 g/mol. The van der Waals surface area contributed by atoms with Crippen LogP contribution in [0.25, 0.3) is 0 Å². The molecule has 0 saturated heterocycles. The topological polar surface area (TPSA) is 98.6 Å². The highest BCUT2D eigenvalue weighted by Crippen LogP contribution is 1.29. The molecule has 0 unspecified atom stereocenters. The van der Waals surface area contributed by atoms with Crippen LogP contribution >= 0.6 is 0 Å². The summed E-state index contributed by atoms with van der Waals surface area (Å²) in [5.74, 6) is 0. The van der Waals surface area contributed by atoms with Crippen molar-refractivity contribution in [2.24, 2.45) is 0 Å². The standard InChI is InChI=1S/C3H3N3O3/c7-1-4-2(8)6-3(9)5-1/h(H3,4,5,6,7,8,9)/i/hD2. The normalized spacial score (nSPS) is 12.4. The van der Waals surface area contributed by atoms with Crippen molar-refractivity contribution in [2.75, 3.05) is 0 Å². The quantitative estimate of drug-likeness (QED) is 0.371. The smallest absolute Gasteiger partial charge is 0.259 e. The molecule has 1 aromatic heterocycles. The van der Waals surface area contributed by atoms with Gasteiger partial charge >= 0.3 is 17.1 Å². The van der Waals surface area contributed by atoms with E-state index < -0.39 is 17.1 Å². The molecule has 0 aliphatic rings. The van der Waals surface area contributed by atoms with E-state index in [1.165, 1.54) is 0 Å². The first kappa shape index (κ1) is 3.44. The molecule has 48 valence electrons. The first-order valence-corrected chi connectivity index (χ1v) is 2.01. The van der Waals surface area contributed by atoms with Crippen molar-refractivity contribution in [2.45, 2.75) is 0 Å². The number of hydrogen-bond donors (Lipinski definition) is 3. The van der Waals surface area contributed by atoms with E-state index in [4.69, 9.17) is 2.82 Å². The zero-order chi connectivity index (χ0) is 8.59. The van der Waals surface area contributed by atoms with Crippen LogP contribution < -0.4 is 17.1 Å². The summed E-state index contributed by atoms with van der Waals surface area (Å²) in [7, 11) is 0. The molecular formula is C3H3N3O3. The zero-order valence-electron chi connectivity index (χ0n) is 6.12. The van der Waals surface area contributed by atoms with Crippen LogP contribution in [0.4, 0.5) is 0 Å². The van der Waals surface area contributed by atoms with Crippen molar-refractivity contribution >= 4 is 0 Å². The summed E-state index contributed by atoms with van der Waals surface area (Å²) in [6.45, 7) is 0. The Bertz CT molecular complexity index is 403. The van der Waals surface area contributed by atoms with Gasteiger partial charge in [-0.15, -0.1) is 0 Å². The van der Waals surface area contributed by atoms with E-state index in [0.29, 0.717) is 0 Å². The third-order valence-corrected chi connectivity index (χ3v) is 0.608. The first-order chi connectivity index (χ1) is 5.04. The van der Waals surface area contributed by atoms with Gasteiger partial charge in [0.25, 0.3) is 0 Å². The highest BCUT2D eigenvalue weighted by Gasteiger charge is 1.84. The largest absolute Gasteiger partial charge is 0.330 e. The van der Waals surface area contributed by atoms with Gasteiger partial charge in [-0.2, -0.15) is 0 Å². The summed E-state index contributed by atoms with van der Waals surface area (Å²) in [6, 6.07) is 0. The van der Waals surface area contributed by atoms with Crippen molar-refractivity contribution in [1.82, 2.24) is 14.9 Å². The van der Waals surface area contributed by atoms with Gasteiger partial charge in [0.1, 0.15) is 0 Å². The van der Waals surface area contributed by atoms with Gasteiger partial charge in [-0.05, 0) is 0 Å². The highest BCUT2D eigenvalue weighted by molar-refractivity contribution is 4.60. The second kappa shape index (κ2) is 1.73. The lowest BCUT2D eigenvalue weighted by atomic mass is 11.0. The number of H-pyrrole nitrogens is 3. The van der Waals surface area contributed by atoms with Gasteiger partial charge in [0, 0.05) is 0 Å². The third kappa shape index (κ3) is 1.15. The van der Waals surface area contributed by atoms with E-state index >= 15 is 0 Å². The van der Waals surface area contributed by atoms with Gasteiger partial charge in [0.15, 0.2) is 2.82 Å². The van der Waals surface area contributed by atoms with Crippen LogP contribution in [-0.4, -0.2) is 14.9 Å². The lowest BCUT2D eigenvalue weighted by molar-refractivity contribution is 0.888. The molecule has 1 heterocycles. The Hall–Kier alpha value is -1.59. The molecule has 0 aromatic carbocycles. The Morgan fingerprint density at radius 1 is 1.00 bits per heavy atom. The molecule has 1 aromatic rings. The maximum absolute atomic E-state index is 10.5. The molecule has 6 heteroatoms. The van der Waals surface area contributed by atoms with Gasteiger partial charge in [-0.25, -0.2) is 14.4 Å². The average molecular weight is 131 g/mol. The van der Waals surface area contributed by atoms with E-state index in [1.54, 1.807) is 4.98 Å². The maximum Gasteiger partial charge on any atom is 0.330 e. The van der Waals surface area contributed by atoms with Crippen molar-refractivity contribution in [3.63, 3.8) is 0 Å². The van der Waals surface area contributed by atoms with E-state index in [1.807, 2.05) is 0 Å². The molecule has 3 N–H and O–H groups in total. The third-order valence-electron chi connectivity index (χ3n) is 0.608. The van der Waals surface area contributed by atoms with Crippen molar-refractivity contribution in [1.29, 1.82) is 0 Å². The molecule has 0 aliphatic heterocycles. The Morgan fingerprint density at radius 3 is 1.89 bits per heavy atom. The number of nitrogens with one attached hydrogen (secondary N) is 3. The fourth-order valence-corrected chi connectivity index (χ4v) is 0.346. The summed E-state index contributed by atoms with van der Waals surface area (Å²) in [5, 5.41) is 0. The van der Waals surface area contributed by atoms with Crippen LogP contribution in [0.5, 0.6) is 0 Å². The molecule has 0 fully saturated rings. The average Bonchev–Trinajstić information content (AvgIpc) is 1.97. The summed E-state index contributed by atoms with van der Waals surface area (Å²) in [4.78, 5) is 32.8. The minimum Gasteiger partial charge on any atom is -0.259 e. The van der Waals surface area contributed by atoms with Crippen LogP contribution in [-0.2, 0) is 0 Å². The zero-order valence-corrected chi connectivity index (χ0v) is 4.12. The molecule has 0 radical (unpaired) electrons. The van der Waals surface area contributed by atoms with E-state index in [2.05, 4.69) is 0 Å². The summed E-state index contributed by atoms with van der Waals surface area (Å²) < 4.78 is 13.3. The van der Waals surface area contributed by atoms with Gasteiger partial charge in [-0.3, -0.25) is 14.9 Å². The molecule has 0 bridgehead atoms. The predicted octanol–water partition coefficient (Wildman–Crippen LogP) is -2.25. The molecule has 6 nitrogen and oxygen atoms in total. The van der Waals surface area contributed by atoms with Crippen molar-refractivity contribution in [3.05, 3.63) is 31.5 Å². The number of aromatic nitrogens is 3. The molecule has 0 saturated carbocycles. The van der Waals surface area contributed by atoms with Crippen LogP contribution in [0, 0.1) is 0 Å². The van der Waals surface area contributed by atoms with E-state index in [9.17, 15) is 14.4 Å². The van der Waals surface area contributed by atoms with E-state index in [0.717, 1.165) is 0 Å². The molecule has 9 heavy (non-hydrogen) atoms. The minimum absolute atomic E-state index is 0.117. The lowest BCUT2D eigenvalue weighted by Crippen LogP contribution is -2.34. The Labute approximate surface area is 50.5 Å². The number of aromatic amines is 3. The Morgan fingerprint density at radius 2 is 1.44 bits per heavy atom. The maximum atomic E-state index is 10.5. The van der Waals surface area contributed by atoms with Gasteiger partial charge in [0.2, 0.25) is 0 Å². The molecule has 1 rings (SSSR count). The highest BCUT2D eigenvalue weighted by atomic mass is 16.2. The Kier molecular flexibility index (Phi) is 0.661. The first-order valence-electron chi connectivity index (χ1n) is 2.90. The van der Waals surface area contributed by atoms with Crippen LogP contribution in [0.15, 0.2) is 14.4 Å². The van der Waals surface area contributed by atoms with Crippen molar-refractivity contribution < 1.29 is 2.82 Å². The summed E-state index contributed by atoms with van der Waals surface area (Å²) >= 11 is 0. The minimum atomic E-state index is -1.29. The second-order valence-electron chi connectivity index (χ2n) is 1.24. The van der Waals surface area contributed by atoms with Gasteiger partial charge < -0.3 is 0 Å². The fraction of sp³-hybridized carbons (Fsp3) is 0.